The molecule has 0 saturated heterocycles. The van der Waals surface area contributed by atoms with E-state index in [0.717, 1.165) is 5.56 Å². The van der Waals surface area contributed by atoms with Crippen molar-refractivity contribution in [2.24, 2.45) is 0 Å². The van der Waals surface area contributed by atoms with Crippen molar-refractivity contribution in [1.82, 2.24) is 14.8 Å². The quantitative estimate of drug-likeness (QED) is 0.302. The van der Waals surface area contributed by atoms with E-state index in [1.165, 1.54) is 23.9 Å². The minimum atomic E-state index is -0.578. The Balaban J connectivity index is 2.04. The second kappa shape index (κ2) is 9.11. The molecular weight excluding hydrogens is 406 g/mol. The third-order valence-corrected chi connectivity index (χ3v) is 5.11. The second-order valence-electron chi connectivity index (χ2n) is 5.96. The zero-order valence-corrected chi connectivity index (χ0v) is 17.0. The molecule has 0 radical (unpaired) electrons. The van der Waals surface area contributed by atoms with E-state index in [1.807, 2.05) is 22.8 Å². The van der Waals surface area contributed by atoms with Gasteiger partial charge in [0, 0.05) is 29.1 Å². The first-order valence-corrected chi connectivity index (χ1v) is 9.46. The van der Waals surface area contributed by atoms with Crippen LogP contribution in [-0.2, 0) is 6.54 Å². The number of ether oxygens (including phenoxy) is 2. The third kappa shape index (κ3) is 4.26. The molecule has 0 aliphatic carbocycles. The van der Waals surface area contributed by atoms with Crippen LogP contribution in [0.25, 0.3) is 11.4 Å². The van der Waals surface area contributed by atoms with Crippen molar-refractivity contribution in [2.45, 2.75) is 16.6 Å². The standard InChI is InChI=1S/C20H17N5O4S/c1-4-7-24-19(14-8-15(28-2)10-16(9-14)29-3)22-23-20(24)30-17-6-5-13(12-21)18(11-17)25(26)27/h4-6,8-11H,1,7H2,2-3H3. The molecule has 9 nitrogen and oxygen atoms in total. The Bertz CT molecular complexity index is 1130. The number of nitriles is 1. The summed E-state index contributed by atoms with van der Waals surface area (Å²) in [5, 5.41) is 29.4. The number of hydrogen-bond acceptors (Lipinski definition) is 8. The lowest BCUT2D eigenvalue weighted by molar-refractivity contribution is -0.385. The second-order valence-corrected chi connectivity index (χ2v) is 7.00. The molecule has 1 aromatic heterocycles. The first-order valence-electron chi connectivity index (χ1n) is 8.64. The highest BCUT2D eigenvalue weighted by molar-refractivity contribution is 7.99. The molecule has 0 unspecified atom stereocenters. The molecule has 3 aromatic rings. The fourth-order valence-corrected chi connectivity index (χ4v) is 3.60. The van der Waals surface area contributed by atoms with Crippen molar-refractivity contribution in [3.8, 4) is 29.0 Å². The number of nitro groups is 1. The average Bonchev–Trinajstić information content (AvgIpc) is 3.15. The molecule has 3 rings (SSSR count). The molecule has 0 aliphatic rings. The lowest BCUT2D eigenvalue weighted by Gasteiger charge is -2.10. The molecule has 0 fully saturated rings. The normalized spacial score (nSPS) is 10.3. The van der Waals surface area contributed by atoms with Crippen molar-refractivity contribution < 1.29 is 14.4 Å². The van der Waals surface area contributed by atoms with Gasteiger partial charge in [-0.3, -0.25) is 14.7 Å². The van der Waals surface area contributed by atoms with Gasteiger partial charge in [0.1, 0.15) is 23.1 Å². The zero-order chi connectivity index (χ0) is 21.7. The highest BCUT2D eigenvalue weighted by Gasteiger charge is 2.19. The van der Waals surface area contributed by atoms with Crippen LogP contribution in [0.5, 0.6) is 11.5 Å². The summed E-state index contributed by atoms with van der Waals surface area (Å²) in [4.78, 5) is 11.2. The van der Waals surface area contributed by atoms with Crippen LogP contribution in [0.15, 0.2) is 59.1 Å². The lowest BCUT2D eigenvalue weighted by atomic mass is 10.2. The highest BCUT2D eigenvalue weighted by atomic mass is 32.2. The molecular formula is C20H17N5O4S. The summed E-state index contributed by atoms with van der Waals surface area (Å²) in [5.74, 6) is 1.78. The monoisotopic (exact) mass is 423 g/mol. The Kier molecular flexibility index (Phi) is 6.34. The number of rotatable bonds is 8. The number of aromatic nitrogens is 3. The van der Waals surface area contributed by atoms with Gasteiger partial charge in [0.25, 0.3) is 5.69 Å². The van der Waals surface area contributed by atoms with Crippen LogP contribution in [0.2, 0.25) is 0 Å². The SMILES string of the molecule is C=CCn1c(Sc2ccc(C#N)c([N+](=O)[O-])c2)nnc1-c1cc(OC)cc(OC)c1. The van der Waals surface area contributed by atoms with Crippen molar-refractivity contribution in [3.63, 3.8) is 0 Å². The van der Waals surface area contributed by atoms with Gasteiger partial charge < -0.3 is 9.47 Å². The molecule has 0 saturated carbocycles. The molecule has 0 bridgehead atoms. The highest BCUT2D eigenvalue weighted by Crippen LogP contribution is 2.34. The van der Waals surface area contributed by atoms with E-state index in [2.05, 4.69) is 16.8 Å². The van der Waals surface area contributed by atoms with E-state index >= 15 is 0 Å². The number of nitro benzene ring substituents is 1. The molecule has 152 valence electrons. The third-order valence-electron chi connectivity index (χ3n) is 4.13. The summed E-state index contributed by atoms with van der Waals surface area (Å²) in [7, 11) is 3.12. The van der Waals surface area contributed by atoms with Gasteiger partial charge in [0.2, 0.25) is 0 Å². The molecule has 0 N–H and O–H groups in total. The van der Waals surface area contributed by atoms with Crippen LogP contribution in [-0.4, -0.2) is 33.9 Å². The minimum Gasteiger partial charge on any atom is -0.497 e. The Labute approximate surface area is 176 Å². The maximum Gasteiger partial charge on any atom is 0.288 e. The number of hydrogen-bond donors (Lipinski definition) is 0. The maximum absolute atomic E-state index is 11.2. The first-order chi connectivity index (χ1) is 14.5. The summed E-state index contributed by atoms with van der Waals surface area (Å²) in [6.07, 6.45) is 1.70. The molecule has 2 aromatic carbocycles. The van der Waals surface area contributed by atoms with Crippen LogP contribution < -0.4 is 9.47 Å². The fourth-order valence-electron chi connectivity index (χ4n) is 2.73. The van der Waals surface area contributed by atoms with Crippen LogP contribution >= 0.6 is 11.8 Å². The molecule has 0 atom stereocenters. The Morgan fingerprint density at radius 1 is 1.23 bits per heavy atom. The predicted molar refractivity (Wildman–Crippen MR) is 111 cm³/mol. The van der Waals surface area contributed by atoms with Crippen molar-refractivity contribution >= 4 is 17.4 Å². The Hall–Kier alpha value is -3.84. The van der Waals surface area contributed by atoms with E-state index < -0.39 is 4.92 Å². The molecule has 30 heavy (non-hydrogen) atoms. The molecule has 0 spiro atoms. The number of benzene rings is 2. The Morgan fingerprint density at radius 2 is 1.93 bits per heavy atom. The Morgan fingerprint density at radius 3 is 2.50 bits per heavy atom. The number of methoxy groups -OCH3 is 2. The van der Waals surface area contributed by atoms with E-state index in [1.54, 1.807) is 32.4 Å². The van der Waals surface area contributed by atoms with Crippen LogP contribution in [0, 0.1) is 21.4 Å². The molecule has 0 amide bonds. The summed E-state index contributed by atoms with van der Waals surface area (Å²) in [6.45, 7) is 4.20. The van der Waals surface area contributed by atoms with Crippen molar-refractivity contribution in [1.29, 1.82) is 5.26 Å². The maximum atomic E-state index is 11.2. The van der Waals surface area contributed by atoms with Gasteiger partial charge in [0.15, 0.2) is 11.0 Å². The van der Waals surface area contributed by atoms with Crippen molar-refractivity contribution in [2.75, 3.05) is 14.2 Å². The summed E-state index contributed by atoms with van der Waals surface area (Å²) in [5.41, 5.74) is 0.481. The first kappa shape index (κ1) is 20.9. The molecule has 1 heterocycles. The topological polar surface area (TPSA) is 116 Å². The number of allylic oxidation sites excluding steroid dienone is 1. The van der Waals surface area contributed by atoms with Gasteiger partial charge >= 0.3 is 0 Å². The van der Waals surface area contributed by atoms with Crippen LogP contribution in [0.1, 0.15) is 5.56 Å². The lowest BCUT2D eigenvalue weighted by Crippen LogP contribution is -2.01. The van der Waals surface area contributed by atoms with E-state index in [4.69, 9.17) is 14.7 Å². The summed E-state index contributed by atoms with van der Waals surface area (Å²) >= 11 is 1.21. The molecule has 0 aliphatic heterocycles. The largest absolute Gasteiger partial charge is 0.497 e. The van der Waals surface area contributed by atoms with Gasteiger partial charge in [-0.05, 0) is 36.0 Å². The van der Waals surface area contributed by atoms with Gasteiger partial charge in [-0.15, -0.1) is 16.8 Å². The minimum absolute atomic E-state index is 0.000994. The van der Waals surface area contributed by atoms with E-state index in [9.17, 15) is 10.1 Å². The average molecular weight is 423 g/mol. The van der Waals surface area contributed by atoms with Crippen molar-refractivity contribution in [3.05, 3.63) is 64.7 Å². The smallest absolute Gasteiger partial charge is 0.288 e. The summed E-state index contributed by atoms with van der Waals surface area (Å²) in [6, 6.07) is 11.6. The van der Waals surface area contributed by atoms with Crippen LogP contribution in [0.4, 0.5) is 5.69 Å². The zero-order valence-electron chi connectivity index (χ0n) is 16.2. The van der Waals surface area contributed by atoms with E-state index in [0.29, 0.717) is 33.9 Å². The van der Waals surface area contributed by atoms with Crippen LogP contribution in [0.3, 0.4) is 0 Å². The summed E-state index contributed by atoms with van der Waals surface area (Å²) < 4.78 is 12.5. The van der Waals surface area contributed by atoms with Gasteiger partial charge in [-0.25, -0.2) is 0 Å². The van der Waals surface area contributed by atoms with Gasteiger partial charge in [-0.2, -0.15) is 5.26 Å². The predicted octanol–water partition coefficient (Wildman–Crippen LogP) is 4.08. The van der Waals surface area contributed by atoms with E-state index in [-0.39, 0.29) is 11.3 Å². The fraction of sp³-hybridized carbons (Fsp3) is 0.150. The molecule has 10 heteroatoms. The van der Waals surface area contributed by atoms with Gasteiger partial charge in [0.05, 0.1) is 19.1 Å². The number of nitrogens with zero attached hydrogens (tertiary/aromatic N) is 5. The van der Waals surface area contributed by atoms with Gasteiger partial charge in [-0.1, -0.05) is 6.08 Å².